The van der Waals surface area contributed by atoms with Gasteiger partial charge in [0.05, 0.1) is 19.1 Å². The van der Waals surface area contributed by atoms with Crippen molar-refractivity contribution in [1.29, 1.82) is 0 Å². The van der Waals surface area contributed by atoms with E-state index in [0.717, 1.165) is 32.1 Å². The number of hydrogen-bond donors (Lipinski definition) is 1. The first-order chi connectivity index (χ1) is 7.61. The van der Waals surface area contributed by atoms with E-state index in [1.807, 2.05) is 13.8 Å². The maximum Gasteiger partial charge on any atom is 0.308 e. The van der Waals surface area contributed by atoms with Crippen LogP contribution in [-0.4, -0.2) is 24.3 Å². The number of aliphatic hydroxyl groups is 1. The summed E-state index contributed by atoms with van der Waals surface area (Å²) in [5.74, 6) is 0.0429. The molecular formula is C13H24O3. The first-order valence-corrected chi connectivity index (χ1v) is 6.39. The highest BCUT2D eigenvalue weighted by Gasteiger charge is 2.27. The van der Waals surface area contributed by atoms with E-state index in [0.29, 0.717) is 6.61 Å². The number of aliphatic hydroxyl groups excluding tert-OH is 1. The molecule has 94 valence electrons. The number of rotatable bonds is 5. The highest BCUT2D eigenvalue weighted by molar-refractivity contribution is 5.72. The Morgan fingerprint density at radius 2 is 2.00 bits per heavy atom. The highest BCUT2D eigenvalue weighted by atomic mass is 16.5. The maximum absolute atomic E-state index is 11.8. The summed E-state index contributed by atoms with van der Waals surface area (Å²) in [4.78, 5) is 11.8. The molecule has 1 rings (SSSR count). The summed E-state index contributed by atoms with van der Waals surface area (Å²) in [5.41, 5.74) is -0.273. The summed E-state index contributed by atoms with van der Waals surface area (Å²) in [6, 6.07) is 0. The van der Waals surface area contributed by atoms with E-state index in [4.69, 9.17) is 4.74 Å². The molecule has 3 nitrogen and oxygen atoms in total. The zero-order valence-electron chi connectivity index (χ0n) is 10.5. The Hall–Kier alpha value is -0.570. The summed E-state index contributed by atoms with van der Waals surface area (Å²) in [6.45, 7) is 4.36. The minimum atomic E-state index is -0.273. The zero-order chi connectivity index (χ0) is 12.0. The SMILES string of the molecule is CCC(C)(CO)COC(=O)C1CCCCC1. The third kappa shape index (κ3) is 3.78. The molecule has 0 amide bonds. The molecule has 16 heavy (non-hydrogen) atoms. The number of ether oxygens (including phenoxy) is 1. The zero-order valence-corrected chi connectivity index (χ0v) is 10.5. The summed E-state index contributed by atoms with van der Waals surface area (Å²) in [7, 11) is 0. The predicted octanol–water partition coefficient (Wildman–Crippen LogP) is 2.52. The van der Waals surface area contributed by atoms with Crippen molar-refractivity contribution in [2.45, 2.75) is 52.4 Å². The molecule has 0 saturated heterocycles. The standard InChI is InChI=1S/C13H24O3/c1-3-13(2,9-14)10-16-12(15)11-7-5-4-6-8-11/h11,14H,3-10H2,1-2H3. The molecule has 1 atom stereocenters. The van der Waals surface area contributed by atoms with Crippen LogP contribution in [0.2, 0.25) is 0 Å². The molecule has 1 unspecified atom stereocenters. The average molecular weight is 228 g/mol. The van der Waals surface area contributed by atoms with E-state index in [1.54, 1.807) is 0 Å². The first-order valence-electron chi connectivity index (χ1n) is 6.39. The molecular weight excluding hydrogens is 204 g/mol. The number of carbonyl (C=O) groups is 1. The van der Waals surface area contributed by atoms with Crippen LogP contribution in [0.4, 0.5) is 0 Å². The second-order valence-electron chi connectivity index (χ2n) is 5.26. The largest absolute Gasteiger partial charge is 0.465 e. The van der Waals surface area contributed by atoms with Crippen molar-refractivity contribution < 1.29 is 14.6 Å². The van der Waals surface area contributed by atoms with Crippen LogP contribution < -0.4 is 0 Å². The molecule has 0 aromatic heterocycles. The van der Waals surface area contributed by atoms with Gasteiger partial charge in [-0.05, 0) is 19.3 Å². The second-order valence-corrected chi connectivity index (χ2v) is 5.26. The van der Waals surface area contributed by atoms with E-state index in [1.165, 1.54) is 6.42 Å². The maximum atomic E-state index is 11.8. The van der Waals surface area contributed by atoms with E-state index in [2.05, 4.69) is 0 Å². The molecule has 3 heteroatoms. The molecule has 0 aliphatic heterocycles. The average Bonchev–Trinajstić information content (AvgIpc) is 2.36. The quantitative estimate of drug-likeness (QED) is 0.735. The Labute approximate surface area is 98.2 Å². The lowest BCUT2D eigenvalue weighted by Gasteiger charge is -2.27. The van der Waals surface area contributed by atoms with Crippen molar-refractivity contribution in [3.63, 3.8) is 0 Å². The summed E-state index contributed by atoms with van der Waals surface area (Å²) in [5, 5.41) is 9.22. The smallest absolute Gasteiger partial charge is 0.308 e. The van der Waals surface area contributed by atoms with Crippen LogP contribution in [-0.2, 0) is 9.53 Å². The molecule has 0 radical (unpaired) electrons. The van der Waals surface area contributed by atoms with Gasteiger partial charge in [0.15, 0.2) is 0 Å². The molecule has 1 aliphatic rings. The van der Waals surface area contributed by atoms with E-state index < -0.39 is 0 Å². The van der Waals surface area contributed by atoms with Gasteiger partial charge in [-0.1, -0.05) is 33.1 Å². The van der Waals surface area contributed by atoms with Crippen LogP contribution >= 0.6 is 0 Å². The van der Waals surface area contributed by atoms with Crippen molar-refractivity contribution in [2.24, 2.45) is 11.3 Å². The van der Waals surface area contributed by atoms with Crippen molar-refractivity contribution in [3.05, 3.63) is 0 Å². The van der Waals surface area contributed by atoms with Gasteiger partial charge in [-0.25, -0.2) is 0 Å². The fourth-order valence-electron chi connectivity index (χ4n) is 1.96. The number of hydrogen-bond acceptors (Lipinski definition) is 3. The normalized spacial score (nSPS) is 21.4. The lowest BCUT2D eigenvalue weighted by atomic mass is 9.88. The molecule has 0 aromatic carbocycles. The number of carbonyl (C=O) groups excluding carboxylic acids is 1. The lowest BCUT2D eigenvalue weighted by molar-refractivity contribution is -0.154. The summed E-state index contributed by atoms with van der Waals surface area (Å²) < 4.78 is 5.33. The minimum absolute atomic E-state index is 0.0622. The Balaban J connectivity index is 2.33. The van der Waals surface area contributed by atoms with Gasteiger partial charge in [-0.15, -0.1) is 0 Å². The third-order valence-corrected chi connectivity index (χ3v) is 3.74. The Bertz CT molecular complexity index is 215. The first kappa shape index (κ1) is 13.5. The lowest BCUT2D eigenvalue weighted by Crippen LogP contribution is -2.30. The van der Waals surface area contributed by atoms with Crippen molar-refractivity contribution in [1.82, 2.24) is 0 Å². The Morgan fingerprint density at radius 3 is 2.50 bits per heavy atom. The van der Waals surface area contributed by atoms with Gasteiger partial charge in [0.25, 0.3) is 0 Å². The number of esters is 1. The summed E-state index contributed by atoms with van der Waals surface area (Å²) >= 11 is 0. The van der Waals surface area contributed by atoms with E-state index >= 15 is 0 Å². The molecule has 1 aliphatic carbocycles. The van der Waals surface area contributed by atoms with Gasteiger partial charge in [-0.2, -0.15) is 0 Å². The van der Waals surface area contributed by atoms with Gasteiger partial charge >= 0.3 is 5.97 Å². The van der Waals surface area contributed by atoms with Gasteiger partial charge in [0.1, 0.15) is 0 Å². The Kier molecular flexibility index (Phi) is 5.26. The summed E-state index contributed by atoms with van der Waals surface area (Å²) in [6.07, 6.45) is 6.30. The molecule has 1 fully saturated rings. The van der Waals surface area contributed by atoms with Gasteiger partial charge in [0, 0.05) is 5.41 Å². The van der Waals surface area contributed by atoms with Crippen molar-refractivity contribution in [3.8, 4) is 0 Å². The Morgan fingerprint density at radius 1 is 1.38 bits per heavy atom. The third-order valence-electron chi connectivity index (χ3n) is 3.74. The molecule has 0 spiro atoms. The molecule has 0 heterocycles. The van der Waals surface area contributed by atoms with Crippen LogP contribution in [0.15, 0.2) is 0 Å². The van der Waals surface area contributed by atoms with E-state index in [-0.39, 0.29) is 23.9 Å². The van der Waals surface area contributed by atoms with Gasteiger partial charge < -0.3 is 9.84 Å². The van der Waals surface area contributed by atoms with Gasteiger partial charge in [-0.3, -0.25) is 4.79 Å². The van der Waals surface area contributed by atoms with E-state index in [9.17, 15) is 9.90 Å². The minimum Gasteiger partial charge on any atom is -0.465 e. The van der Waals surface area contributed by atoms with Crippen LogP contribution in [0.1, 0.15) is 52.4 Å². The monoisotopic (exact) mass is 228 g/mol. The second kappa shape index (κ2) is 6.24. The van der Waals surface area contributed by atoms with Crippen molar-refractivity contribution in [2.75, 3.05) is 13.2 Å². The van der Waals surface area contributed by atoms with Crippen LogP contribution in [0, 0.1) is 11.3 Å². The fraction of sp³-hybridized carbons (Fsp3) is 0.923. The predicted molar refractivity (Wildman–Crippen MR) is 63.0 cm³/mol. The van der Waals surface area contributed by atoms with Gasteiger partial charge in [0.2, 0.25) is 0 Å². The van der Waals surface area contributed by atoms with Crippen LogP contribution in [0.3, 0.4) is 0 Å². The fourth-order valence-corrected chi connectivity index (χ4v) is 1.96. The molecule has 1 saturated carbocycles. The highest BCUT2D eigenvalue weighted by Crippen LogP contribution is 2.26. The topological polar surface area (TPSA) is 46.5 Å². The van der Waals surface area contributed by atoms with Crippen LogP contribution in [0.25, 0.3) is 0 Å². The molecule has 0 aromatic rings. The molecule has 1 N–H and O–H groups in total. The molecule has 0 bridgehead atoms. The van der Waals surface area contributed by atoms with Crippen LogP contribution in [0.5, 0.6) is 0 Å². The van der Waals surface area contributed by atoms with Crippen molar-refractivity contribution >= 4 is 5.97 Å².